The van der Waals surface area contributed by atoms with Crippen molar-refractivity contribution in [3.05, 3.63) is 29.8 Å². The van der Waals surface area contributed by atoms with Gasteiger partial charge in [0.25, 0.3) is 0 Å². The highest BCUT2D eigenvalue weighted by atomic mass is 16.5. The molecule has 4 heteroatoms. The summed E-state index contributed by atoms with van der Waals surface area (Å²) in [6, 6.07) is 8.75. The molecule has 2 bridgehead atoms. The van der Waals surface area contributed by atoms with Crippen molar-refractivity contribution in [2.75, 3.05) is 13.1 Å². The van der Waals surface area contributed by atoms with Crippen LogP contribution in [0, 0.1) is 5.92 Å². The van der Waals surface area contributed by atoms with E-state index in [2.05, 4.69) is 30.1 Å². The van der Waals surface area contributed by atoms with Crippen molar-refractivity contribution in [2.45, 2.75) is 44.4 Å². The first-order chi connectivity index (χ1) is 10.1. The molecule has 3 aliphatic rings. The molecule has 3 unspecified atom stereocenters. The molecule has 112 valence electrons. The molecule has 21 heavy (non-hydrogen) atoms. The second-order valence-electron chi connectivity index (χ2n) is 6.83. The van der Waals surface area contributed by atoms with Gasteiger partial charge in [-0.2, -0.15) is 0 Å². The molecule has 0 radical (unpaired) electrons. The van der Waals surface area contributed by atoms with E-state index in [9.17, 15) is 4.79 Å². The number of carbonyl (C=O) groups excluding carboxylic acids is 1. The molecule has 0 saturated carbocycles. The molecule has 1 N–H and O–H groups in total. The van der Waals surface area contributed by atoms with Crippen LogP contribution in [0.1, 0.15) is 38.2 Å². The monoisotopic (exact) mass is 286 g/mol. The molecule has 1 aromatic carbocycles. The largest absolute Gasteiger partial charge is 0.467 e. The van der Waals surface area contributed by atoms with E-state index in [1.165, 1.54) is 5.56 Å². The van der Waals surface area contributed by atoms with Crippen LogP contribution in [0.2, 0.25) is 0 Å². The summed E-state index contributed by atoms with van der Waals surface area (Å²) in [4.78, 5) is 14.7. The van der Waals surface area contributed by atoms with E-state index >= 15 is 0 Å². The lowest BCUT2D eigenvalue weighted by molar-refractivity contribution is -0.154. The fourth-order valence-electron chi connectivity index (χ4n) is 4.25. The first-order valence-electron chi connectivity index (χ1n) is 7.92. The Bertz CT molecular complexity index is 586. The Morgan fingerprint density at radius 1 is 1.38 bits per heavy atom. The molecular weight excluding hydrogens is 264 g/mol. The number of ether oxygens (including phenoxy) is 1. The summed E-state index contributed by atoms with van der Waals surface area (Å²) < 4.78 is 6.33. The van der Waals surface area contributed by atoms with Crippen LogP contribution in [-0.4, -0.2) is 35.7 Å². The predicted molar refractivity (Wildman–Crippen MR) is 80.1 cm³/mol. The molecule has 3 heterocycles. The van der Waals surface area contributed by atoms with Crippen LogP contribution in [-0.2, 0) is 4.79 Å². The van der Waals surface area contributed by atoms with Gasteiger partial charge in [0.15, 0.2) is 5.72 Å². The van der Waals surface area contributed by atoms with E-state index < -0.39 is 5.72 Å². The number of fused-ring (bicyclic) bond motifs is 2. The second-order valence-corrected chi connectivity index (χ2v) is 6.83. The quantitative estimate of drug-likeness (QED) is 0.859. The normalized spacial score (nSPS) is 34.7. The van der Waals surface area contributed by atoms with Crippen molar-refractivity contribution in [3.63, 3.8) is 0 Å². The number of carbonyl (C=O) groups is 1. The topological polar surface area (TPSA) is 41.6 Å². The SMILES string of the molecule is CC(C)N1CCC23NC(=O)CC(c4ccccc4O2)C3C1. The highest BCUT2D eigenvalue weighted by molar-refractivity contribution is 5.80. The summed E-state index contributed by atoms with van der Waals surface area (Å²) in [5.41, 5.74) is 0.721. The molecule has 4 rings (SSSR count). The van der Waals surface area contributed by atoms with E-state index in [1.54, 1.807) is 0 Å². The van der Waals surface area contributed by atoms with Gasteiger partial charge >= 0.3 is 0 Å². The molecule has 0 spiro atoms. The van der Waals surface area contributed by atoms with Gasteiger partial charge in [-0.25, -0.2) is 0 Å². The number of piperidine rings is 2. The highest BCUT2D eigenvalue weighted by Crippen LogP contribution is 2.51. The van der Waals surface area contributed by atoms with Crippen LogP contribution in [0.5, 0.6) is 5.75 Å². The number of rotatable bonds is 1. The molecule has 3 atom stereocenters. The van der Waals surface area contributed by atoms with E-state index in [4.69, 9.17) is 4.74 Å². The lowest BCUT2D eigenvalue weighted by atomic mass is 9.69. The van der Waals surface area contributed by atoms with E-state index in [1.807, 2.05) is 18.2 Å². The average molecular weight is 286 g/mol. The van der Waals surface area contributed by atoms with Gasteiger partial charge in [0.05, 0.1) is 0 Å². The van der Waals surface area contributed by atoms with E-state index in [0.29, 0.717) is 18.4 Å². The van der Waals surface area contributed by atoms with Gasteiger partial charge in [-0.15, -0.1) is 0 Å². The zero-order valence-electron chi connectivity index (χ0n) is 12.6. The van der Waals surface area contributed by atoms with Crippen LogP contribution in [0.3, 0.4) is 0 Å². The Labute approximate surface area is 125 Å². The Balaban J connectivity index is 1.78. The minimum Gasteiger partial charge on any atom is -0.467 e. The molecule has 1 amide bonds. The Morgan fingerprint density at radius 2 is 2.19 bits per heavy atom. The number of hydrogen-bond acceptors (Lipinski definition) is 3. The van der Waals surface area contributed by atoms with Gasteiger partial charge in [0, 0.05) is 43.8 Å². The maximum Gasteiger partial charge on any atom is 0.223 e. The Morgan fingerprint density at radius 3 is 3.00 bits per heavy atom. The van der Waals surface area contributed by atoms with Gasteiger partial charge in [0.1, 0.15) is 5.75 Å². The molecule has 3 aliphatic heterocycles. The van der Waals surface area contributed by atoms with Crippen LogP contribution in [0.15, 0.2) is 24.3 Å². The van der Waals surface area contributed by atoms with Gasteiger partial charge in [0.2, 0.25) is 5.91 Å². The van der Waals surface area contributed by atoms with Gasteiger partial charge in [-0.1, -0.05) is 18.2 Å². The fourth-order valence-corrected chi connectivity index (χ4v) is 4.25. The number of hydrogen-bond donors (Lipinski definition) is 1. The molecule has 1 aromatic rings. The zero-order chi connectivity index (χ0) is 14.6. The van der Waals surface area contributed by atoms with Crippen LogP contribution >= 0.6 is 0 Å². The van der Waals surface area contributed by atoms with Gasteiger partial charge in [-0.05, 0) is 25.5 Å². The summed E-state index contributed by atoms with van der Waals surface area (Å²) >= 11 is 0. The van der Waals surface area contributed by atoms with Gasteiger partial charge in [-0.3, -0.25) is 4.79 Å². The van der Waals surface area contributed by atoms with Crippen molar-refractivity contribution >= 4 is 5.91 Å². The van der Waals surface area contributed by atoms with Crippen LogP contribution in [0.4, 0.5) is 0 Å². The second kappa shape index (κ2) is 4.47. The van der Waals surface area contributed by atoms with Crippen LogP contribution < -0.4 is 10.1 Å². The number of nitrogens with one attached hydrogen (secondary N) is 1. The lowest BCUT2D eigenvalue weighted by Gasteiger charge is -2.56. The minimum atomic E-state index is -0.486. The third-order valence-electron chi connectivity index (χ3n) is 5.38. The summed E-state index contributed by atoms with van der Waals surface area (Å²) in [5, 5.41) is 3.18. The van der Waals surface area contributed by atoms with Crippen molar-refractivity contribution in [1.82, 2.24) is 10.2 Å². The fraction of sp³-hybridized carbons (Fsp3) is 0.588. The molecule has 0 aromatic heterocycles. The summed E-state index contributed by atoms with van der Waals surface area (Å²) in [6.45, 7) is 6.45. The third-order valence-corrected chi connectivity index (χ3v) is 5.38. The molecule has 0 aliphatic carbocycles. The van der Waals surface area contributed by atoms with Crippen molar-refractivity contribution in [1.29, 1.82) is 0 Å². The zero-order valence-corrected chi connectivity index (χ0v) is 12.6. The van der Waals surface area contributed by atoms with E-state index in [-0.39, 0.29) is 11.8 Å². The third kappa shape index (κ3) is 1.89. The number of nitrogens with zero attached hydrogens (tertiary/aromatic N) is 1. The minimum absolute atomic E-state index is 0.128. The number of benzene rings is 1. The standard InChI is InChI=1S/C17H22N2O2/c1-11(2)19-8-7-17-14(10-19)13(9-16(20)18-17)12-5-3-4-6-15(12)21-17/h3-6,11,13-14H,7-10H2,1-2H3,(H,18,20). The Kier molecular flexibility index (Phi) is 2.80. The number of para-hydroxylation sites is 1. The van der Waals surface area contributed by atoms with Crippen LogP contribution in [0.25, 0.3) is 0 Å². The molecular formula is C17H22N2O2. The summed E-state index contributed by atoms with van der Waals surface area (Å²) in [6.07, 6.45) is 1.45. The predicted octanol–water partition coefficient (Wildman–Crippen LogP) is 2.11. The number of likely N-dealkylation sites (tertiary alicyclic amines) is 1. The summed E-state index contributed by atoms with van der Waals surface area (Å²) in [7, 11) is 0. The maximum absolute atomic E-state index is 12.1. The first-order valence-corrected chi connectivity index (χ1v) is 7.92. The lowest BCUT2D eigenvalue weighted by Crippen LogP contribution is -2.70. The molecule has 2 saturated heterocycles. The molecule has 2 fully saturated rings. The van der Waals surface area contributed by atoms with Crippen molar-refractivity contribution in [2.24, 2.45) is 5.92 Å². The van der Waals surface area contributed by atoms with Crippen molar-refractivity contribution in [3.8, 4) is 5.75 Å². The van der Waals surface area contributed by atoms with E-state index in [0.717, 1.165) is 25.3 Å². The van der Waals surface area contributed by atoms with Crippen molar-refractivity contribution < 1.29 is 9.53 Å². The smallest absolute Gasteiger partial charge is 0.223 e. The Hall–Kier alpha value is -1.55. The number of amides is 1. The first kappa shape index (κ1) is 13.1. The summed E-state index contributed by atoms with van der Waals surface area (Å²) in [5.74, 6) is 1.71. The highest BCUT2D eigenvalue weighted by Gasteiger charge is 2.56. The average Bonchev–Trinajstić information content (AvgIpc) is 2.45. The molecule has 4 nitrogen and oxygen atoms in total. The van der Waals surface area contributed by atoms with Gasteiger partial charge < -0.3 is 15.0 Å². The maximum atomic E-state index is 12.1.